The number of unbranched alkanes of at least 4 members (excludes halogenated alkanes) is 11. The minimum Gasteiger partial charge on any atom is -0.481 e. The van der Waals surface area contributed by atoms with Crippen molar-refractivity contribution in [1.29, 1.82) is 0 Å². The predicted molar refractivity (Wildman–Crippen MR) is 109 cm³/mol. The topological polar surface area (TPSA) is 74.6 Å². The number of hydrogen-bond donors (Lipinski definition) is 3. The average Bonchev–Trinajstić information content (AvgIpc) is 2.57. The summed E-state index contributed by atoms with van der Waals surface area (Å²) in [5.74, 6) is 0.856. The Bertz CT molecular complexity index is 316. The van der Waals surface area contributed by atoms with Gasteiger partial charge in [-0.1, -0.05) is 77.6 Å². The smallest absolute Gasteiger partial charge is 0.304 e. The molecule has 0 unspecified atom stereocenters. The van der Waals surface area contributed by atoms with Gasteiger partial charge in [0, 0.05) is 0 Å². The summed E-state index contributed by atoms with van der Waals surface area (Å²) in [7, 11) is -0.425. The molecular formula is C20H40O4S. The van der Waals surface area contributed by atoms with Gasteiger partial charge in [0.25, 0.3) is 0 Å². The number of rotatable bonds is 19. The van der Waals surface area contributed by atoms with Crippen molar-refractivity contribution >= 4 is 22.8 Å². The fourth-order valence-electron chi connectivity index (χ4n) is 3.02. The Balaban J connectivity index is 3.53. The Morgan fingerprint density at radius 3 is 1.32 bits per heavy atom. The lowest BCUT2D eigenvalue weighted by atomic mass is 10.1. The van der Waals surface area contributed by atoms with Gasteiger partial charge in [0.1, 0.15) is 0 Å². The molecule has 0 aliphatic rings. The molecule has 4 nitrogen and oxygen atoms in total. The number of thiol groups is 1. The lowest BCUT2D eigenvalue weighted by molar-refractivity contribution is -0.137. The number of hydrogen-bond acceptors (Lipinski definition) is 2. The maximum absolute atomic E-state index is 10.7. The number of carbonyl (C=O) groups is 2. The molecule has 25 heavy (non-hydrogen) atoms. The van der Waals surface area contributed by atoms with E-state index in [2.05, 4.69) is 6.92 Å². The van der Waals surface area contributed by atoms with E-state index in [4.69, 9.17) is 10.2 Å². The highest BCUT2D eigenvalue weighted by Crippen LogP contribution is 2.29. The molecule has 0 bridgehead atoms. The highest BCUT2D eigenvalue weighted by molar-refractivity contribution is 8.17. The van der Waals surface area contributed by atoms with Crippen molar-refractivity contribution in [2.75, 3.05) is 17.3 Å². The van der Waals surface area contributed by atoms with Crippen molar-refractivity contribution in [1.82, 2.24) is 0 Å². The molecule has 0 spiro atoms. The highest BCUT2D eigenvalue weighted by atomic mass is 32.2. The van der Waals surface area contributed by atoms with Crippen LogP contribution in [-0.2, 0) is 9.59 Å². The lowest BCUT2D eigenvalue weighted by Gasteiger charge is -2.19. The number of carboxylic acid groups (broad SMARTS) is 2. The van der Waals surface area contributed by atoms with E-state index < -0.39 is 22.8 Å². The van der Waals surface area contributed by atoms with Crippen LogP contribution in [0, 0.1) is 0 Å². The summed E-state index contributed by atoms with van der Waals surface area (Å²) in [6.45, 7) is 2.25. The highest BCUT2D eigenvalue weighted by Gasteiger charge is 2.09. The van der Waals surface area contributed by atoms with Gasteiger partial charge in [-0.15, -0.1) is 0 Å². The van der Waals surface area contributed by atoms with Crippen molar-refractivity contribution in [3.8, 4) is 0 Å². The molecular weight excluding hydrogens is 336 g/mol. The molecule has 150 valence electrons. The molecule has 0 heterocycles. The molecule has 0 saturated heterocycles. The Kier molecular flexibility index (Phi) is 17.6. The maximum Gasteiger partial charge on any atom is 0.304 e. The third kappa shape index (κ3) is 19.5. The summed E-state index contributed by atoms with van der Waals surface area (Å²) < 4.78 is 0. The SMILES string of the molecule is CCCCCCCCCCCCCC[SH](CCC(=O)O)CCC(=O)O. The minimum absolute atomic E-state index is 0.184. The lowest BCUT2D eigenvalue weighted by Crippen LogP contribution is -2.08. The molecule has 0 rings (SSSR count). The van der Waals surface area contributed by atoms with Crippen LogP contribution in [0.5, 0.6) is 0 Å². The normalized spacial score (nSPS) is 11.5. The van der Waals surface area contributed by atoms with Crippen LogP contribution >= 0.6 is 10.9 Å². The van der Waals surface area contributed by atoms with E-state index in [0.717, 1.165) is 12.2 Å². The first-order valence-electron chi connectivity index (χ1n) is 10.2. The number of carboxylic acids is 2. The molecule has 0 aromatic carbocycles. The van der Waals surface area contributed by atoms with E-state index in [0.29, 0.717) is 11.5 Å². The van der Waals surface area contributed by atoms with Gasteiger partial charge in [0.2, 0.25) is 0 Å². The van der Waals surface area contributed by atoms with Gasteiger partial charge in [-0.2, -0.15) is 0 Å². The van der Waals surface area contributed by atoms with Crippen molar-refractivity contribution in [2.45, 2.75) is 96.8 Å². The molecule has 0 aliphatic heterocycles. The van der Waals surface area contributed by atoms with Crippen LogP contribution in [0.1, 0.15) is 96.8 Å². The van der Waals surface area contributed by atoms with Gasteiger partial charge in [-0.3, -0.25) is 20.5 Å². The molecule has 2 N–H and O–H groups in total. The van der Waals surface area contributed by atoms with Gasteiger partial charge < -0.3 is 10.2 Å². The Morgan fingerprint density at radius 1 is 0.600 bits per heavy atom. The molecule has 0 saturated carbocycles. The first kappa shape index (κ1) is 24.3. The number of aliphatic carboxylic acids is 2. The fourth-order valence-corrected chi connectivity index (χ4v) is 5.38. The molecule has 0 aromatic heterocycles. The van der Waals surface area contributed by atoms with Crippen molar-refractivity contribution in [2.24, 2.45) is 0 Å². The molecule has 0 atom stereocenters. The zero-order chi connectivity index (χ0) is 18.8. The molecule has 5 heteroatoms. The van der Waals surface area contributed by atoms with Crippen molar-refractivity contribution in [3.63, 3.8) is 0 Å². The van der Waals surface area contributed by atoms with E-state index >= 15 is 0 Å². The summed E-state index contributed by atoms with van der Waals surface area (Å²) in [6, 6.07) is 0. The Labute approximate surface area is 157 Å². The van der Waals surface area contributed by atoms with Gasteiger partial charge in [0.05, 0.1) is 12.8 Å². The average molecular weight is 377 g/mol. The third-order valence-corrected chi connectivity index (χ3v) is 7.27. The van der Waals surface area contributed by atoms with Crippen LogP contribution in [-0.4, -0.2) is 39.4 Å². The second-order valence-corrected chi connectivity index (χ2v) is 9.70. The van der Waals surface area contributed by atoms with E-state index in [1.807, 2.05) is 0 Å². The zero-order valence-corrected chi connectivity index (χ0v) is 17.1. The quantitative estimate of drug-likeness (QED) is 0.201. The van der Waals surface area contributed by atoms with Crippen LogP contribution in [0.15, 0.2) is 0 Å². The molecule has 0 aliphatic carbocycles. The van der Waals surface area contributed by atoms with Gasteiger partial charge in [-0.05, 0) is 23.7 Å². The van der Waals surface area contributed by atoms with Crippen LogP contribution < -0.4 is 0 Å². The first-order valence-corrected chi connectivity index (χ1v) is 12.1. The summed E-state index contributed by atoms with van der Waals surface area (Å²) >= 11 is 0. The second-order valence-electron chi connectivity index (χ2n) is 7.02. The standard InChI is InChI=1S/C20H40O4S/c1-2-3-4-5-6-7-8-9-10-11-12-13-16-25(17-14-19(21)22)18-15-20(23)24/h25H,2-18H2,1H3,(H,21,22)(H,23,24). The fraction of sp³-hybridized carbons (Fsp3) is 0.900. The van der Waals surface area contributed by atoms with Crippen LogP contribution in [0.3, 0.4) is 0 Å². The van der Waals surface area contributed by atoms with Crippen molar-refractivity contribution in [3.05, 3.63) is 0 Å². The van der Waals surface area contributed by atoms with Crippen LogP contribution in [0.4, 0.5) is 0 Å². The molecule has 0 amide bonds. The van der Waals surface area contributed by atoms with E-state index in [9.17, 15) is 9.59 Å². The second kappa shape index (κ2) is 18.1. The Morgan fingerprint density at radius 2 is 0.960 bits per heavy atom. The molecule has 0 fully saturated rings. The Hall–Kier alpha value is -0.710. The summed E-state index contributed by atoms with van der Waals surface area (Å²) in [4.78, 5) is 21.4. The van der Waals surface area contributed by atoms with Gasteiger partial charge >= 0.3 is 11.9 Å². The van der Waals surface area contributed by atoms with E-state index in [1.165, 1.54) is 70.6 Å². The van der Waals surface area contributed by atoms with Crippen LogP contribution in [0.2, 0.25) is 0 Å². The minimum atomic E-state index is -0.766. The van der Waals surface area contributed by atoms with Crippen LogP contribution in [0.25, 0.3) is 0 Å². The van der Waals surface area contributed by atoms with E-state index in [1.54, 1.807) is 0 Å². The largest absolute Gasteiger partial charge is 0.481 e. The summed E-state index contributed by atoms with van der Waals surface area (Å²) in [5.41, 5.74) is 0. The summed E-state index contributed by atoms with van der Waals surface area (Å²) in [5, 5.41) is 17.6. The molecule has 0 aromatic rings. The first-order chi connectivity index (χ1) is 12.1. The van der Waals surface area contributed by atoms with Gasteiger partial charge in [0.15, 0.2) is 0 Å². The maximum atomic E-state index is 10.7. The monoisotopic (exact) mass is 376 g/mol. The predicted octanol–water partition coefficient (Wildman–Crippen LogP) is 5.64. The molecule has 0 radical (unpaired) electrons. The van der Waals surface area contributed by atoms with Gasteiger partial charge in [-0.25, -0.2) is 0 Å². The van der Waals surface area contributed by atoms with E-state index in [-0.39, 0.29) is 12.8 Å². The van der Waals surface area contributed by atoms with Crippen molar-refractivity contribution < 1.29 is 19.8 Å². The third-order valence-electron chi connectivity index (χ3n) is 4.61. The summed E-state index contributed by atoms with van der Waals surface area (Å²) in [6.07, 6.45) is 16.2. The zero-order valence-electron chi connectivity index (χ0n) is 16.2.